The average molecular weight is 238 g/mol. The van der Waals surface area contributed by atoms with Crippen molar-refractivity contribution >= 4 is 17.2 Å². The maximum atomic E-state index is 11.4. The standard InChI is InChI=1S/C12H18N2OS/c15-12(14-8-10-3-4-10)9-13-6-5-11-2-1-7-16-11/h1-2,7,10,13H,3-6,8-9H2,(H,14,15). The summed E-state index contributed by atoms with van der Waals surface area (Å²) in [6.07, 6.45) is 3.58. The lowest BCUT2D eigenvalue weighted by Gasteiger charge is -2.05. The van der Waals surface area contributed by atoms with E-state index in [9.17, 15) is 4.79 Å². The van der Waals surface area contributed by atoms with Gasteiger partial charge in [-0.15, -0.1) is 11.3 Å². The minimum Gasteiger partial charge on any atom is -0.355 e. The molecule has 88 valence electrons. The van der Waals surface area contributed by atoms with Crippen molar-refractivity contribution in [2.45, 2.75) is 19.3 Å². The molecular formula is C12H18N2OS. The third-order valence-electron chi connectivity index (χ3n) is 2.70. The van der Waals surface area contributed by atoms with E-state index >= 15 is 0 Å². The van der Waals surface area contributed by atoms with Crippen LogP contribution in [0, 0.1) is 5.92 Å². The van der Waals surface area contributed by atoms with Crippen LogP contribution in [0.4, 0.5) is 0 Å². The van der Waals surface area contributed by atoms with Crippen LogP contribution in [0.3, 0.4) is 0 Å². The molecule has 1 fully saturated rings. The number of nitrogens with one attached hydrogen (secondary N) is 2. The van der Waals surface area contributed by atoms with Crippen molar-refractivity contribution in [3.05, 3.63) is 22.4 Å². The van der Waals surface area contributed by atoms with Gasteiger partial charge in [0.15, 0.2) is 0 Å². The quantitative estimate of drug-likeness (QED) is 0.705. The van der Waals surface area contributed by atoms with Gasteiger partial charge < -0.3 is 10.6 Å². The minimum absolute atomic E-state index is 0.123. The first-order valence-corrected chi connectivity index (χ1v) is 6.72. The van der Waals surface area contributed by atoms with E-state index in [1.54, 1.807) is 11.3 Å². The summed E-state index contributed by atoms with van der Waals surface area (Å²) in [6.45, 7) is 2.18. The monoisotopic (exact) mass is 238 g/mol. The van der Waals surface area contributed by atoms with E-state index in [0.717, 1.165) is 25.4 Å². The molecule has 0 unspecified atom stereocenters. The van der Waals surface area contributed by atoms with E-state index in [1.807, 2.05) is 0 Å². The predicted octanol–water partition coefficient (Wildman–Crippen LogP) is 1.41. The summed E-state index contributed by atoms with van der Waals surface area (Å²) in [7, 11) is 0. The highest BCUT2D eigenvalue weighted by Crippen LogP contribution is 2.27. The normalized spacial score (nSPS) is 15.0. The zero-order chi connectivity index (χ0) is 11.2. The van der Waals surface area contributed by atoms with Crippen LogP contribution in [0.15, 0.2) is 17.5 Å². The molecule has 1 saturated carbocycles. The van der Waals surface area contributed by atoms with Crippen molar-refractivity contribution < 1.29 is 4.79 Å². The Morgan fingerprint density at radius 2 is 2.38 bits per heavy atom. The molecule has 1 amide bonds. The molecule has 16 heavy (non-hydrogen) atoms. The van der Waals surface area contributed by atoms with Crippen LogP contribution in [0.5, 0.6) is 0 Å². The van der Waals surface area contributed by atoms with E-state index < -0.39 is 0 Å². The molecular weight excluding hydrogens is 220 g/mol. The average Bonchev–Trinajstić information content (AvgIpc) is 2.97. The summed E-state index contributed by atoms with van der Waals surface area (Å²) in [6, 6.07) is 4.18. The molecule has 1 aliphatic carbocycles. The zero-order valence-corrected chi connectivity index (χ0v) is 10.2. The Labute approximate surface area is 100 Å². The minimum atomic E-state index is 0.123. The molecule has 3 nitrogen and oxygen atoms in total. The second-order valence-electron chi connectivity index (χ2n) is 4.25. The molecule has 0 aliphatic heterocycles. The van der Waals surface area contributed by atoms with Gasteiger partial charge in [-0.25, -0.2) is 0 Å². The smallest absolute Gasteiger partial charge is 0.233 e. The second-order valence-corrected chi connectivity index (χ2v) is 5.29. The topological polar surface area (TPSA) is 41.1 Å². The SMILES string of the molecule is O=C(CNCCc1cccs1)NCC1CC1. The number of rotatable bonds is 7. The Kier molecular flexibility index (Phi) is 4.36. The summed E-state index contributed by atoms with van der Waals surface area (Å²) in [5, 5.41) is 8.18. The molecule has 2 rings (SSSR count). The third-order valence-corrected chi connectivity index (χ3v) is 3.63. The number of amides is 1. The molecule has 4 heteroatoms. The highest BCUT2D eigenvalue weighted by molar-refractivity contribution is 7.09. The van der Waals surface area contributed by atoms with Gasteiger partial charge in [-0.1, -0.05) is 6.07 Å². The summed E-state index contributed by atoms with van der Waals surface area (Å²) in [5.74, 6) is 0.883. The molecule has 1 heterocycles. The fraction of sp³-hybridized carbons (Fsp3) is 0.583. The van der Waals surface area contributed by atoms with Gasteiger partial charge in [0.2, 0.25) is 5.91 Å². The van der Waals surface area contributed by atoms with Gasteiger partial charge in [0.1, 0.15) is 0 Å². The first-order chi connectivity index (χ1) is 7.84. The van der Waals surface area contributed by atoms with E-state index in [2.05, 4.69) is 28.1 Å². The number of carbonyl (C=O) groups excluding carboxylic acids is 1. The van der Waals surface area contributed by atoms with Gasteiger partial charge in [-0.3, -0.25) is 4.79 Å². The number of thiophene rings is 1. The molecule has 0 bridgehead atoms. The van der Waals surface area contributed by atoms with Crippen molar-refractivity contribution in [1.29, 1.82) is 0 Å². The van der Waals surface area contributed by atoms with Gasteiger partial charge in [0.25, 0.3) is 0 Å². The number of hydrogen-bond acceptors (Lipinski definition) is 3. The summed E-state index contributed by atoms with van der Waals surface area (Å²) in [5.41, 5.74) is 0. The number of carbonyl (C=O) groups is 1. The van der Waals surface area contributed by atoms with Crippen LogP contribution in [-0.2, 0) is 11.2 Å². The lowest BCUT2D eigenvalue weighted by atomic mass is 10.3. The van der Waals surface area contributed by atoms with Gasteiger partial charge >= 0.3 is 0 Å². The highest BCUT2D eigenvalue weighted by atomic mass is 32.1. The van der Waals surface area contributed by atoms with Gasteiger partial charge in [0.05, 0.1) is 6.54 Å². The maximum absolute atomic E-state index is 11.4. The van der Waals surface area contributed by atoms with E-state index in [1.165, 1.54) is 17.7 Å². The summed E-state index contributed by atoms with van der Waals surface area (Å²) < 4.78 is 0. The van der Waals surface area contributed by atoms with E-state index in [0.29, 0.717) is 6.54 Å². The lowest BCUT2D eigenvalue weighted by molar-refractivity contribution is -0.120. The Bertz CT molecular complexity index is 320. The van der Waals surface area contributed by atoms with E-state index in [-0.39, 0.29) is 5.91 Å². The van der Waals surface area contributed by atoms with Crippen LogP contribution in [0.1, 0.15) is 17.7 Å². The largest absolute Gasteiger partial charge is 0.355 e. The summed E-state index contributed by atoms with van der Waals surface area (Å²) in [4.78, 5) is 12.7. The molecule has 2 N–H and O–H groups in total. The first-order valence-electron chi connectivity index (χ1n) is 5.84. The molecule has 0 saturated heterocycles. The van der Waals surface area contributed by atoms with Crippen molar-refractivity contribution in [2.75, 3.05) is 19.6 Å². The zero-order valence-electron chi connectivity index (χ0n) is 9.37. The van der Waals surface area contributed by atoms with Gasteiger partial charge in [0, 0.05) is 18.0 Å². The summed E-state index contributed by atoms with van der Waals surface area (Å²) >= 11 is 1.76. The third kappa shape index (κ3) is 4.33. The molecule has 1 aromatic rings. The molecule has 1 aliphatic rings. The fourth-order valence-electron chi connectivity index (χ4n) is 1.51. The van der Waals surface area contributed by atoms with Crippen molar-refractivity contribution in [1.82, 2.24) is 10.6 Å². The Balaban J connectivity index is 1.48. The van der Waals surface area contributed by atoms with Crippen molar-refractivity contribution in [2.24, 2.45) is 5.92 Å². The Morgan fingerprint density at radius 3 is 3.06 bits per heavy atom. The van der Waals surface area contributed by atoms with Crippen LogP contribution >= 0.6 is 11.3 Å². The van der Waals surface area contributed by atoms with Crippen molar-refractivity contribution in [3.63, 3.8) is 0 Å². The molecule has 1 aromatic heterocycles. The lowest BCUT2D eigenvalue weighted by Crippen LogP contribution is -2.35. The van der Waals surface area contributed by atoms with E-state index in [4.69, 9.17) is 0 Å². The maximum Gasteiger partial charge on any atom is 0.233 e. The highest BCUT2D eigenvalue weighted by Gasteiger charge is 2.21. The first kappa shape index (κ1) is 11.6. The van der Waals surface area contributed by atoms with Crippen LogP contribution in [0.25, 0.3) is 0 Å². The second kappa shape index (κ2) is 6.01. The molecule has 0 atom stereocenters. The molecule has 0 radical (unpaired) electrons. The molecule has 0 spiro atoms. The molecule has 0 aromatic carbocycles. The van der Waals surface area contributed by atoms with Gasteiger partial charge in [-0.05, 0) is 36.6 Å². The van der Waals surface area contributed by atoms with Crippen LogP contribution < -0.4 is 10.6 Å². The number of hydrogen-bond donors (Lipinski definition) is 2. The van der Waals surface area contributed by atoms with Gasteiger partial charge in [-0.2, -0.15) is 0 Å². The Morgan fingerprint density at radius 1 is 1.50 bits per heavy atom. The Hall–Kier alpha value is -0.870. The van der Waals surface area contributed by atoms with Crippen LogP contribution in [0.2, 0.25) is 0 Å². The predicted molar refractivity (Wildman–Crippen MR) is 66.6 cm³/mol. The van der Waals surface area contributed by atoms with Crippen LogP contribution in [-0.4, -0.2) is 25.5 Å². The fourth-order valence-corrected chi connectivity index (χ4v) is 2.22. The van der Waals surface area contributed by atoms with Crippen molar-refractivity contribution in [3.8, 4) is 0 Å².